The van der Waals surface area contributed by atoms with Gasteiger partial charge in [0, 0.05) is 18.7 Å². The van der Waals surface area contributed by atoms with Crippen LogP contribution in [0.4, 0.5) is 0 Å². The molecule has 0 aliphatic rings. The van der Waals surface area contributed by atoms with Crippen LogP contribution in [0.5, 0.6) is 0 Å². The molecule has 3 aromatic rings. The summed E-state index contributed by atoms with van der Waals surface area (Å²) < 4.78 is 5.42. The molecule has 0 aliphatic carbocycles. The summed E-state index contributed by atoms with van der Waals surface area (Å²) in [5.74, 6) is 0.676. The maximum absolute atomic E-state index is 13.1. The highest BCUT2D eigenvalue weighted by Crippen LogP contribution is 2.21. The number of aryl methyl sites for hydroxylation is 2. The van der Waals surface area contributed by atoms with Crippen molar-refractivity contribution < 1.29 is 9.21 Å². The van der Waals surface area contributed by atoms with Gasteiger partial charge in [0.1, 0.15) is 5.76 Å². The number of nitrogens with zero attached hydrogens (tertiary/aromatic N) is 1. The molecule has 1 aromatic heterocycles. The zero-order valence-corrected chi connectivity index (χ0v) is 14.0. The molecule has 0 radical (unpaired) electrons. The Morgan fingerprint density at radius 1 is 0.875 bits per heavy atom. The summed E-state index contributed by atoms with van der Waals surface area (Å²) in [6.07, 6.45) is 1.64. The zero-order chi connectivity index (χ0) is 16.9. The quantitative estimate of drug-likeness (QED) is 0.680. The van der Waals surface area contributed by atoms with E-state index in [2.05, 4.69) is 0 Å². The average molecular weight is 319 g/mol. The van der Waals surface area contributed by atoms with Gasteiger partial charge >= 0.3 is 0 Å². The Balaban J connectivity index is 1.90. The topological polar surface area (TPSA) is 33.5 Å². The van der Waals surface area contributed by atoms with Crippen LogP contribution >= 0.6 is 0 Å². The number of furan rings is 1. The second-order valence-corrected chi connectivity index (χ2v) is 5.98. The van der Waals surface area contributed by atoms with E-state index in [0.717, 1.165) is 16.7 Å². The molecule has 3 nitrogen and oxygen atoms in total. The fraction of sp³-hybridized carbons (Fsp3) is 0.190. The Kier molecular flexibility index (Phi) is 4.80. The molecule has 0 saturated carbocycles. The van der Waals surface area contributed by atoms with Gasteiger partial charge in [0.15, 0.2) is 0 Å². The molecule has 0 spiro atoms. The van der Waals surface area contributed by atoms with Gasteiger partial charge in [0.05, 0.1) is 11.8 Å². The lowest BCUT2D eigenvalue weighted by Gasteiger charge is -2.23. The van der Waals surface area contributed by atoms with Crippen molar-refractivity contribution in [3.8, 4) is 0 Å². The van der Waals surface area contributed by atoms with E-state index in [9.17, 15) is 4.79 Å². The lowest BCUT2D eigenvalue weighted by molar-refractivity contribution is 0.0727. The summed E-state index contributed by atoms with van der Waals surface area (Å²) in [5.41, 5.74) is 3.77. The number of amides is 1. The number of hydrogen-bond acceptors (Lipinski definition) is 2. The van der Waals surface area contributed by atoms with Crippen LogP contribution < -0.4 is 0 Å². The molecule has 24 heavy (non-hydrogen) atoms. The van der Waals surface area contributed by atoms with E-state index in [4.69, 9.17) is 4.42 Å². The van der Waals surface area contributed by atoms with Crippen LogP contribution in [0.2, 0.25) is 0 Å². The summed E-state index contributed by atoms with van der Waals surface area (Å²) >= 11 is 0. The smallest absolute Gasteiger partial charge is 0.258 e. The summed E-state index contributed by atoms with van der Waals surface area (Å²) in [5, 5.41) is 0. The van der Waals surface area contributed by atoms with E-state index in [1.54, 1.807) is 6.26 Å². The van der Waals surface area contributed by atoms with Gasteiger partial charge in [-0.15, -0.1) is 0 Å². The van der Waals surface area contributed by atoms with Crippen LogP contribution in [0.3, 0.4) is 0 Å². The molecule has 1 amide bonds. The van der Waals surface area contributed by atoms with Gasteiger partial charge in [-0.2, -0.15) is 0 Å². The van der Waals surface area contributed by atoms with Crippen molar-refractivity contribution in [3.05, 3.63) is 94.9 Å². The molecule has 0 aliphatic heterocycles. The van der Waals surface area contributed by atoms with Gasteiger partial charge in [0.2, 0.25) is 0 Å². The van der Waals surface area contributed by atoms with Gasteiger partial charge in [-0.05, 0) is 25.0 Å². The molecule has 3 rings (SSSR count). The Bertz CT molecular complexity index is 745. The summed E-state index contributed by atoms with van der Waals surface area (Å²) in [6.45, 7) is 4.88. The van der Waals surface area contributed by atoms with E-state index < -0.39 is 0 Å². The molecule has 0 unspecified atom stereocenters. The van der Waals surface area contributed by atoms with Crippen LogP contribution in [0.25, 0.3) is 0 Å². The molecule has 0 saturated heterocycles. The Hall–Kier alpha value is -2.81. The van der Waals surface area contributed by atoms with Crippen molar-refractivity contribution in [3.63, 3.8) is 0 Å². The highest BCUT2D eigenvalue weighted by molar-refractivity contribution is 5.96. The summed E-state index contributed by atoms with van der Waals surface area (Å²) in [7, 11) is 0. The molecular formula is C21H21NO2. The number of hydrogen-bond donors (Lipinski definition) is 0. The number of carbonyl (C=O) groups is 1. The third-order valence-electron chi connectivity index (χ3n) is 4.09. The second-order valence-electron chi connectivity index (χ2n) is 5.98. The molecule has 1 heterocycles. The number of rotatable bonds is 5. The molecule has 0 N–H and O–H groups in total. The van der Waals surface area contributed by atoms with Gasteiger partial charge in [-0.3, -0.25) is 4.79 Å². The maximum atomic E-state index is 13.1. The molecule has 0 atom stereocenters. The predicted molar refractivity (Wildman–Crippen MR) is 94.6 cm³/mol. The van der Waals surface area contributed by atoms with Gasteiger partial charge < -0.3 is 9.32 Å². The number of carbonyl (C=O) groups excluding carboxylic acids is 1. The van der Waals surface area contributed by atoms with Crippen LogP contribution in [0, 0.1) is 13.8 Å². The van der Waals surface area contributed by atoms with Crippen molar-refractivity contribution in [1.29, 1.82) is 0 Å². The van der Waals surface area contributed by atoms with Gasteiger partial charge in [0.25, 0.3) is 5.91 Å². The van der Waals surface area contributed by atoms with E-state index in [1.807, 2.05) is 79.4 Å². The molecule has 2 aromatic carbocycles. The predicted octanol–water partition coefficient (Wildman–Crippen LogP) is 4.74. The van der Waals surface area contributed by atoms with E-state index in [-0.39, 0.29) is 5.91 Å². The Morgan fingerprint density at radius 2 is 1.38 bits per heavy atom. The largest absolute Gasteiger partial charge is 0.469 e. The summed E-state index contributed by atoms with van der Waals surface area (Å²) in [6, 6.07) is 20.1. The van der Waals surface area contributed by atoms with Crippen LogP contribution in [-0.2, 0) is 13.1 Å². The third kappa shape index (κ3) is 3.57. The van der Waals surface area contributed by atoms with Crippen molar-refractivity contribution in [2.45, 2.75) is 26.9 Å². The first-order valence-electron chi connectivity index (χ1n) is 8.07. The zero-order valence-electron chi connectivity index (χ0n) is 14.0. The van der Waals surface area contributed by atoms with Crippen molar-refractivity contribution in [1.82, 2.24) is 4.90 Å². The highest BCUT2D eigenvalue weighted by atomic mass is 16.3. The third-order valence-corrected chi connectivity index (χ3v) is 4.09. The standard InChI is InChI=1S/C21H21NO2/c1-16-15-24-17(2)20(16)21(23)22(13-18-9-5-3-6-10-18)14-19-11-7-4-8-12-19/h3-12,15H,13-14H2,1-2H3. The molecule has 3 heteroatoms. The minimum atomic E-state index is 0.00598. The molecule has 0 bridgehead atoms. The maximum Gasteiger partial charge on any atom is 0.258 e. The molecule has 0 fully saturated rings. The Labute approximate surface area is 142 Å². The van der Waals surface area contributed by atoms with Gasteiger partial charge in [-0.1, -0.05) is 60.7 Å². The summed E-state index contributed by atoms with van der Waals surface area (Å²) in [4.78, 5) is 15.0. The van der Waals surface area contributed by atoms with Gasteiger partial charge in [-0.25, -0.2) is 0 Å². The first-order chi connectivity index (χ1) is 11.6. The minimum absolute atomic E-state index is 0.00598. The van der Waals surface area contributed by atoms with Crippen LogP contribution in [0.1, 0.15) is 32.8 Å². The normalized spacial score (nSPS) is 10.6. The SMILES string of the molecule is Cc1coc(C)c1C(=O)N(Cc1ccccc1)Cc1ccccc1. The fourth-order valence-corrected chi connectivity index (χ4v) is 2.86. The minimum Gasteiger partial charge on any atom is -0.469 e. The van der Waals surface area contributed by atoms with Crippen LogP contribution in [-0.4, -0.2) is 10.8 Å². The lowest BCUT2D eigenvalue weighted by Crippen LogP contribution is -2.30. The van der Waals surface area contributed by atoms with E-state index in [1.165, 1.54) is 0 Å². The first kappa shape index (κ1) is 16.1. The number of benzene rings is 2. The lowest BCUT2D eigenvalue weighted by atomic mass is 10.1. The monoisotopic (exact) mass is 319 g/mol. The van der Waals surface area contributed by atoms with Crippen molar-refractivity contribution >= 4 is 5.91 Å². The molecular weight excluding hydrogens is 298 g/mol. The second kappa shape index (κ2) is 7.18. The Morgan fingerprint density at radius 3 is 1.79 bits per heavy atom. The fourth-order valence-electron chi connectivity index (χ4n) is 2.86. The average Bonchev–Trinajstić information content (AvgIpc) is 2.94. The molecule has 122 valence electrons. The van der Waals surface area contributed by atoms with Crippen LogP contribution in [0.15, 0.2) is 71.3 Å². The van der Waals surface area contributed by atoms with E-state index in [0.29, 0.717) is 24.4 Å². The first-order valence-corrected chi connectivity index (χ1v) is 8.07. The highest BCUT2D eigenvalue weighted by Gasteiger charge is 2.22. The van der Waals surface area contributed by atoms with E-state index >= 15 is 0 Å². The van der Waals surface area contributed by atoms with Crippen molar-refractivity contribution in [2.24, 2.45) is 0 Å². The van der Waals surface area contributed by atoms with Crippen molar-refractivity contribution in [2.75, 3.05) is 0 Å².